The number of carbonyl (C=O) groups is 3. The summed E-state index contributed by atoms with van der Waals surface area (Å²) in [4.78, 5) is 38.3. The Bertz CT molecular complexity index is 708. The molecule has 1 saturated heterocycles. The van der Waals surface area contributed by atoms with E-state index in [0.29, 0.717) is 12.8 Å². The average Bonchev–Trinajstić information content (AvgIpc) is 2.79. The predicted octanol–water partition coefficient (Wildman–Crippen LogP) is 2.89. The molecule has 1 heterocycles. The zero-order valence-electron chi connectivity index (χ0n) is 14.9. The number of rotatable bonds is 4. The van der Waals surface area contributed by atoms with Gasteiger partial charge in [0.25, 0.3) is 5.91 Å². The highest BCUT2D eigenvalue weighted by molar-refractivity contribution is 6.07. The van der Waals surface area contributed by atoms with E-state index >= 15 is 0 Å². The van der Waals surface area contributed by atoms with E-state index < -0.39 is 5.54 Å². The summed E-state index contributed by atoms with van der Waals surface area (Å²) < 4.78 is 0. The Balaban J connectivity index is 1.58. The molecular formula is C19H25N3O3. The second-order valence-electron chi connectivity index (χ2n) is 7.15. The molecule has 0 aromatic heterocycles. The van der Waals surface area contributed by atoms with Crippen molar-refractivity contribution in [2.45, 2.75) is 57.9 Å². The molecule has 3 rings (SSSR count). The van der Waals surface area contributed by atoms with Crippen molar-refractivity contribution < 1.29 is 14.4 Å². The van der Waals surface area contributed by atoms with Gasteiger partial charge in [0.15, 0.2) is 0 Å². The van der Waals surface area contributed by atoms with E-state index in [9.17, 15) is 14.4 Å². The van der Waals surface area contributed by atoms with Gasteiger partial charge in [0.05, 0.1) is 0 Å². The fourth-order valence-corrected chi connectivity index (χ4v) is 3.75. The Kier molecular flexibility index (Phi) is 4.79. The van der Waals surface area contributed by atoms with Crippen LogP contribution in [0, 0.1) is 13.8 Å². The summed E-state index contributed by atoms with van der Waals surface area (Å²) >= 11 is 0. The molecule has 2 fully saturated rings. The molecule has 1 aliphatic heterocycles. The van der Waals surface area contributed by atoms with E-state index in [0.717, 1.165) is 36.1 Å². The summed E-state index contributed by atoms with van der Waals surface area (Å²) in [6.45, 7) is 4.05. The van der Waals surface area contributed by atoms with Gasteiger partial charge in [-0.25, -0.2) is 4.79 Å². The Hall–Kier alpha value is -2.37. The Labute approximate surface area is 148 Å². The van der Waals surface area contributed by atoms with Crippen LogP contribution in [0.15, 0.2) is 18.2 Å². The minimum atomic E-state index is -0.723. The van der Waals surface area contributed by atoms with Crippen LogP contribution in [0.4, 0.5) is 10.5 Å². The number of benzene rings is 1. The quantitative estimate of drug-likeness (QED) is 0.825. The number of amides is 4. The van der Waals surface area contributed by atoms with Crippen LogP contribution < -0.4 is 10.6 Å². The van der Waals surface area contributed by atoms with E-state index in [1.54, 1.807) is 0 Å². The van der Waals surface area contributed by atoms with Crippen molar-refractivity contribution in [3.63, 3.8) is 0 Å². The number of hydrogen-bond donors (Lipinski definition) is 2. The van der Waals surface area contributed by atoms with E-state index in [2.05, 4.69) is 10.6 Å². The number of nitrogens with zero attached hydrogens (tertiary/aromatic N) is 1. The van der Waals surface area contributed by atoms with Crippen molar-refractivity contribution in [2.75, 3.05) is 11.9 Å². The number of hydrogen-bond acceptors (Lipinski definition) is 3. The number of carbonyl (C=O) groups excluding carboxylic acids is 3. The van der Waals surface area contributed by atoms with Gasteiger partial charge in [-0.2, -0.15) is 0 Å². The van der Waals surface area contributed by atoms with Crippen LogP contribution in [-0.4, -0.2) is 34.8 Å². The van der Waals surface area contributed by atoms with Crippen LogP contribution in [0.1, 0.15) is 49.7 Å². The highest BCUT2D eigenvalue weighted by Crippen LogP contribution is 2.33. The second kappa shape index (κ2) is 6.86. The molecule has 1 aromatic carbocycles. The van der Waals surface area contributed by atoms with Gasteiger partial charge in [0.1, 0.15) is 5.54 Å². The molecule has 1 aliphatic carbocycles. The van der Waals surface area contributed by atoms with Crippen molar-refractivity contribution in [2.24, 2.45) is 0 Å². The number of anilines is 1. The Morgan fingerprint density at radius 1 is 1.20 bits per heavy atom. The van der Waals surface area contributed by atoms with Crippen molar-refractivity contribution in [3.05, 3.63) is 29.3 Å². The normalized spacial score (nSPS) is 19.2. The molecule has 2 N–H and O–H groups in total. The maximum absolute atomic E-state index is 12.7. The lowest BCUT2D eigenvalue weighted by atomic mass is 9.82. The molecule has 4 amide bonds. The van der Waals surface area contributed by atoms with Crippen LogP contribution >= 0.6 is 0 Å². The number of imide groups is 1. The maximum Gasteiger partial charge on any atom is 0.325 e. The van der Waals surface area contributed by atoms with Crippen LogP contribution in [0.3, 0.4) is 0 Å². The lowest BCUT2D eigenvalue weighted by Crippen LogP contribution is -2.48. The minimum absolute atomic E-state index is 0.0998. The average molecular weight is 343 g/mol. The van der Waals surface area contributed by atoms with Gasteiger partial charge in [0, 0.05) is 18.7 Å². The molecule has 25 heavy (non-hydrogen) atoms. The maximum atomic E-state index is 12.7. The molecule has 134 valence electrons. The smallest absolute Gasteiger partial charge is 0.325 e. The number of aryl methyl sites for hydroxylation is 2. The van der Waals surface area contributed by atoms with Crippen molar-refractivity contribution in [1.29, 1.82) is 0 Å². The van der Waals surface area contributed by atoms with E-state index in [-0.39, 0.29) is 30.8 Å². The first-order valence-electron chi connectivity index (χ1n) is 8.92. The zero-order chi connectivity index (χ0) is 18.0. The molecule has 0 unspecified atom stereocenters. The summed E-state index contributed by atoms with van der Waals surface area (Å²) in [6, 6.07) is 5.44. The zero-order valence-corrected chi connectivity index (χ0v) is 14.9. The molecule has 0 radical (unpaired) electrons. The molecule has 0 bridgehead atoms. The van der Waals surface area contributed by atoms with E-state index in [1.165, 1.54) is 4.90 Å². The SMILES string of the molecule is Cc1ccc(NC(=O)CCN2C(=O)NC3(CCCCC3)C2=O)c(C)c1. The fourth-order valence-electron chi connectivity index (χ4n) is 3.75. The molecule has 0 atom stereocenters. The van der Waals surface area contributed by atoms with Gasteiger partial charge < -0.3 is 10.6 Å². The Morgan fingerprint density at radius 2 is 1.92 bits per heavy atom. The molecule has 1 spiro atoms. The molecule has 1 aromatic rings. The third kappa shape index (κ3) is 3.52. The van der Waals surface area contributed by atoms with Crippen molar-refractivity contribution in [3.8, 4) is 0 Å². The molecule has 2 aliphatic rings. The molecule has 1 saturated carbocycles. The molecular weight excluding hydrogens is 318 g/mol. The van der Waals surface area contributed by atoms with E-state index in [1.807, 2.05) is 32.0 Å². The van der Waals surface area contributed by atoms with Gasteiger partial charge in [-0.15, -0.1) is 0 Å². The standard InChI is InChI=1S/C19H25N3O3/c1-13-6-7-15(14(2)12-13)20-16(23)8-11-22-17(24)19(21-18(22)25)9-4-3-5-10-19/h6-7,12H,3-5,8-11H2,1-2H3,(H,20,23)(H,21,25). The van der Waals surface area contributed by atoms with Crippen LogP contribution in [0.5, 0.6) is 0 Å². The molecule has 6 heteroatoms. The van der Waals surface area contributed by atoms with Crippen LogP contribution in [0.2, 0.25) is 0 Å². The van der Waals surface area contributed by atoms with Crippen molar-refractivity contribution in [1.82, 2.24) is 10.2 Å². The first-order chi connectivity index (χ1) is 11.9. The highest BCUT2D eigenvalue weighted by atomic mass is 16.2. The monoisotopic (exact) mass is 343 g/mol. The third-order valence-corrected chi connectivity index (χ3v) is 5.17. The lowest BCUT2D eigenvalue weighted by Gasteiger charge is -2.30. The van der Waals surface area contributed by atoms with Gasteiger partial charge >= 0.3 is 6.03 Å². The van der Waals surface area contributed by atoms with Gasteiger partial charge in [-0.05, 0) is 38.3 Å². The number of urea groups is 1. The van der Waals surface area contributed by atoms with Gasteiger partial charge in [-0.3, -0.25) is 14.5 Å². The summed E-state index contributed by atoms with van der Waals surface area (Å²) in [5.74, 6) is -0.367. The summed E-state index contributed by atoms with van der Waals surface area (Å²) in [6.07, 6.45) is 4.50. The third-order valence-electron chi connectivity index (χ3n) is 5.17. The topological polar surface area (TPSA) is 78.5 Å². The van der Waals surface area contributed by atoms with Crippen molar-refractivity contribution >= 4 is 23.5 Å². The van der Waals surface area contributed by atoms with Gasteiger partial charge in [0.2, 0.25) is 5.91 Å². The lowest BCUT2D eigenvalue weighted by molar-refractivity contribution is -0.132. The number of nitrogens with one attached hydrogen (secondary N) is 2. The summed E-state index contributed by atoms with van der Waals surface area (Å²) in [7, 11) is 0. The predicted molar refractivity (Wildman–Crippen MR) is 95.2 cm³/mol. The highest BCUT2D eigenvalue weighted by Gasteiger charge is 2.50. The minimum Gasteiger partial charge on any atom is -0.326 e. The summed E-state index contributed by atoms with van der Waals surface area (Å²) in [5.41, 5.74) is 2.16. The fraction of sp³-hybridized carbons (Fsp3) is 0.526. The van der Waals surface area contributed by atoms with Gasteiger partial charge in [-0.1, -0.05) is 37.0 Å². The van der Waals surface area contributed by atoms with E-state index in [4.69, 9.17) is 0 Å². The molecule has 6 nitrogen and oxygen atoms in total. The first-order valence-corrected chi connectivity index (χ1v) is 8.92. The summed E-state index contributed by atoms with van der Waals surface area (Å²) in [5, 5.41) is 5.72. The first kappa shape index (κ1) is 17.5. The Morgan fingerprint density at radius 3 is 2.60 bits per heavy atom. The van der Waals surface area contributed by atoms with Crippen LogP contribution in [0.25, 0.3) is 0 Å². The second-order valence-corrected chi connectivity index (χ2v) is 7.15. The largest absolute Gasteiger partial charge is 0.326 e. The van der Waals surface area contributed by atoms with Crippen LogP contribution in [-0.2, 0) is 9.59 Å².